The van der Waals surface area contributed by atoms with Crippen molar-refractivity contribution in [3.8, 4) is 0 Å². The number of fused-ring (bicyclic) bond motifs is 1. The number of thioether (sulfide) groups is 1. The number of rotatable bonds is 2. The van der Waals surface area contributed by atoms with Gasteiger partial charge < -0.3 is 19.8 Å². The number of alkyl halides is 1. The van der Waals surface area contributed by atoms with Gasteiger partial charge in [-0.05, 0) is 6.26 Å². The van der Waals surface area contributed by atoms with Gasteiger partial charge in [0.1, 0.15) is 29.6 Å². The average molecular weight is 302 g/mol. The SMILES string of the molecule is CSC1=NC=NC2C1N=CN2C1OC(CO)C(O)C1F. The molecule has 0 radical (unpaired) electrons. The normalized spacial score (nSPS) is 43.0. The predicted octanol–water partition coefficient (Wildman–Crippen LogP) is -0.755. The quantitative estimate of drug-likeness (QED) is 0.700. The zero-order chi connectivity index (χ0) is 14.3. The number of aliphatic imine (C=N–C) groups is 3. The molecule has 0 saturated carbocycles. The Bertz CT molecular complexity index is 475. The van der Waals surface area contributed by atoms with Crippen molar-refractivity contribution in [1.82, 2.24) is 4.90 Å². The van der Waals surface area contributed by atoms with E-state index in [1.54, 1.807) is 0 Å². The van der Waals surface area contributed by atoms with Crippen LogP contribution in [0.15, 0.2) is 15.0 Å². The second-order valence-electron chi connectivity index (χ2n) is 4.69. The molecule has 3 aliphatic heterocycles. The van der Waals surface area contributed by atoms with Crippen LogP contribution in [-0.2, 0) is 4.74 Å². The van der Waals surface area contributed by atoms with Crippen LogP contribution >= 0.6 is 11.8 Å². The van der Waals surface area contributed by atoms with E-state index in [4.69, 9.17) is 9.84 Å². The maximum absolute atomic E-state index is 14.1. The standard InChI is InChI=1S/C11H15FN4O3S/c1-20-10-7-9(13-3-14-10)16(4-15-7)11-6(12)8(18)5(2-17)19-11/h3-9,11,17-18H,2H2,1H3. The van der Waals surface area contributed by atoms with E-state index in [2.05, 4.69) is 15.0 Å². The molecule has 0 bridgehead atoms. The molecule has 3 heterocycles. The molecule has 3 rings (SSSR count). The Kier molecular flexibility index (Phi) is 3.76. The van der Waals surface area contributed by atoms with Crippen LogP contribution < -0.4 is 0 Å². The Morgan fingerprint density at radius 3 is 2.95 bits per heavy atom. The number of ether oxygens (including phenoxy) is 1. The Balaban J connectivity index is 1.79. The van der Waals surface area contributed by atoms with Crippen LogP contribution in [0.5, 0.6) is 0 Å². The number of hydrogen-bond donors (Lipinski definition) is 2. The summed E-state index contributed by atoms with van der Waals surface area (Å²) in [6.07, 6.45) is -0.513. The largest absolute Gasteiger partial charge is 0.394 e. The third-order valence-electron chi connectivity index (χ3n) is 3.58. The van der Waals surface area contributed by atoms with E-state index in [1.807, 2.05) is 6.26 Å². The molecule has 6 atom stereocenters. The summed E-state index contributed by atoms with van der Waals surface area (Å²) in [6, 6.07) is -0.267. The zero-order valence-corrected chi connectivity index (χ0v) is 11.5. The van der Waals surface area contributed by atoms with Gasteiger partial charge in [0.25, 0.3) is 0 Å². The van der Waals surface area contributed by atoms with Gasteiger partial charge in [0, 0.05) is 0 Å². The van der Waals surface area contributed by atoms with Crippen molar-refractivity contribution >= 4 is 29.5 Å². The lowest BCUT2D eigenvalue weighted by Gasteiger charge is -2.31. The highest BCUT2D eigenvalue weighted by Gasteiger charge is 2.50. The van der Waals surface area contributed by atoms with Gasteiger partial charge in [-0.25, -0.2) is 14.4 Å². The molecule has 0 aromatic heterocycles. The van der Waals surface area contributed by atoms with Gasteiger partial charge in [-0.2, -0.15) is 0 Å². The predicted molar refractivity (Wildman–Crippen MR) is 74.0 cm³/mol. The fourth-order valence-corrected chi connectivity index (χ4v) is 3.10. The van der Waals surface area contributed by atoms with Crippen LogP contribution in [0.1, 0.15) is 0 Å². The number of nitrogens with zero attached hydrogens (tertiary/aromatic N) is 4. The fourth-order valence-electron chi connectivity index (χ4n) is 2.53. The van der Waals surface area contributed by atoms with Crippen LogP contribution in [0.2, 0.25) is 0 Å². The topological polar surface area (TPSA) is 90.0 Å². The van der Waals surface area contributed by atoms with E-state index in [1.165, 1.54) is 29.3 Å². The summed E-state index contributed by atoms with van der Waals surface area (Å²) in [5, 5.41) is 19.6. The summed E-state index contributed by atoms with van der Waals surface area (Å²) in [4.78, 5) is 14.2. The van der Waals surface area contributed by atoms with Crippen LogP contribution in [0.4, 0.5) is 4.39 Å². The Labute approximate surface area is 119 Å². The van der Waals surface area contributed by atoms with Gasteiger partial charge >= 0.3 is 0 Å². The lowest BCUT2D eigenvalue weighted by molar-refractivity contribution is -0.0690. The Morgan fingerprint density at radius 2 is 2.30 bits per heavy atom. The highest BCUT2D eigenvalue weighted by Crippen LogP contribution is 2.32. The molecule has 1 saturated heterocycles. The monoisotopic (exact) mass is 302 g/mol. The van der Waals surface area contributed by atoms with E-state index in [0.717, 1.165) is 5.04 Å². The summed E-state index contributed by atoms with van der Waals surface area (Å²) in [5.74, 6) is 0. The van der Waals surface area contributed by atoms with Crippen molar-refractivity contribution in [1.29, 1.82) is 0 Å². The van der Waals surface area contributed by atoms with Gasteiger partial charge in [-0.3, -0.25) is 4.99 Å². The number of aliphatic hydroxyl groups excluding tert-OH is 2. The molecule has 3 aliphatic rings. The van der Waals surface area contributed by atoms with Gasteiger partial charge in [0.05, 0.1) is 12.9 Å². The molecule has 6 unspecified atom stereocenters. The number of aliphatic hydroxyl groups is 2. The molecule has 110 valence electrons. The molecule has 20 heavy (non-hydrogen) atoms. The summed E-state index contributed by atoms with van der Waals surface area (Å²) in [7, 11) is 0. The van der Waals surface area contributed by atoms with Gasteiger partial charge in [-0.1, -0.05) is 0 Å². The molecule has 7 nitrogen and oxygen atoms in total. The smallest absolute Gasteiger partial charge is 0.173 e. The lowest BCUT2D eigenvalue weighted by Crippen LogP contribution is -2.48. The van der Waals surface area contributed by atoms with Crippen molar-refractivity contribution in [3.63, 3.8) is 0 Å². The maximum Gasteiger partial charge on any atom is 0.173 e. The number of hydrogen-bond acceptors (Lipinski definition) is 8. The molecule has 0 aliphatic carbocycles. The number of halogens is 1. The third-order valence-corrected chi connectivity index (χ3v) is 4.35. The molecule has 0 aromatic carbocycles. The Morgan fingerprint density at radius 1 is 1.50 bits per heavy atom. The van der Waals surface area contributed by atoms with Crippen molar-refractivity contribution in [3.05, 3.63) is 0 Å². The van der Waals surface area contributed by atoms with Crippen molar-refractivity contribution in [2.75, 3.05) is 12.9 Å². The molecular weight excluding hydrogens is 287 g/mol. The lowest BCUT2D eigenvalue weighted by atomic mass is 10.1. The first-order chi connectivity index (χ1) is 9.67. The minimum atomic E-state index is -1.62. The van der Waals surface area contributed by atoms with E-state index in [0.29, 0.717) is 0 Å². The highest BCUT2D eigenvalue weighted by atomic mass is 32.2. The molecule has 0 amide bonds. The second kappa shape index (κ2) is 5.40. The summed E-state index contributed by atoms with van der Waals surface area (Å²) >= 11 is 1.47. The van der Waals surface area contributed by atoms with Crippen LogP contribution in [0.3, 0.4) is 0 Å². The second-order valence-corrected chi connectivity index (χ2v) is 5.52. The summed E-state index contributed by atoms with van der Waals surface area (Å²) in [5.41, 5.74) is 0. The van der Waals surface area contributed by atoms with E-state index < -0.39 is 37.4 Å². The highest BCUT2D eigenvalue weighted by molar-refractivity contribution is 8.13. The maximum atomic E-state index is 14.1. The molecule has 0 aromatic rings. The zero-order valence-electron chi connectivity index (χ0n) is 10.7. The van der Waals surface area contributed by atoms with Crippen LogP contribution in [-0.4, -0.2) is 82.5 Å². The first-order valence-electron chi connectivity index (χ1n) is 6.20. The molecule has 0 spiro atoms. The van der Waals surface area contributed by atoms with E-state index >= 15 is 0 Å². The minimum absolute atomic E-state index is 0.267. The van der Waals surface area contributed by atoms with Gasteiger partial charge in [0.15, 0.2) is 18.6 Å². The van der Waals surface area contributed by atoms with Crippen molar-refractivity contribution in [2.24, 2.45) is 15.0 Å². The summed E-state index contributed by atoms with van der Waals surface area (Å²) in [6.45, 7) is -0.433. The average Bonchev–Trinajstić information content (AvgIpc) is 3.01. The molecule has 2 N–H and O–H groups in total. The molecule has 1 fully saturated rings. The van der Waals surface area contributed by atoms with Gasteiger partial charge in [-0.15, -0.1) is 11.8 Å². The minimum Gasteiger partial charge on any atom is -0.394 e. The van der Waals surface area contributed by atoms with Crippen LogP contribution in [0, 0.1) is 0 Å². The summed E-state index contributed by atoms with van der Waals surface area (Å²) < 4.78 is 19.5. The first-order valence-corrected chi connectivity index (χ1v) is 7.42. The molecular formula is C11H15FN4O3S. The first kappa shape index (κ1) is 13.9. The van der Waals surface area contributed by atoms with E-state index in [9.17, 15) is 9.50 Å². The van der Waals surface area contributed by atoms with Crippen LogP contribution in [0.25, 0.3) is 0 Å². The van der Waals surface area contributed by atoms with Crippen molar-refractivity contribution < 1.29 is 19.3 Å². The van der Waals surface area contributed by atoms with E-state index in [-0.39, 0.29) is 6.04 Å². The Hall–Kier alpha value is -1.03. The molecule has 9 heteroatoms. The third kappa shape index (κ3) is 2.05. The van der Waals surface area contributed by atoms with Gasteiger partial charge in [0.2, 0.25) is 0 Å². The van der Waals surface area contributed by atoms with Crippen molar-refractivity contribution in [2.45, 2.75) is 36.8 Å². The fraction of sp³-hybridized carbons (Fsp3) is 0.727.